The third-order valence-corrected chi connectivity index (χ3v) is 2.66. The Morgan fingerprint density at radius 2 is 2.07 bits per heavy atom. The van der Waals surface area contributed by atoms with E-state index in [1.54, 1.807) is 11.5 Å². The Labute approximate surface area is 92.3 Å². The van der Waals surface area contributed by atoms with E-state index in [1.807, 2.05) is 13.1 Å². The van der Waals surface area contributed by atoms with Crippen molar-refractivity contribution in [3.63, 3.8) is 0 Å². The zero-order valence-electron chi connectivity index (χ0n) is 10.0. The number of rotatable bonds is 5. The monoisotopic (exact) mass is 207 g/mol. The van der Waals surface area contributed by atoms with Crippen LogP contribution in [-0.4, -0.2) is 10.5 Å². The van der Waals surface area contributed by atoms with Crippen molar-refractivity contribution < 1.29 is 4.79 Å². The molecule has 1 rings (SSSR count). The predicted molar refractivity (Wildman–Crippen MR) is 63.3 cm³/mol. The molecule has 1 heterocycles. The molecule has 1 aromatic rings. The van der Waals surface area contributed by atoms with Gasteiger partial charge in [-0.3, -0.25) is 9.36 Å². The summed E-state index contributed by atoms with van der Waals surface area (Å²) in [6.45, 7) is 5.87. The minimum Gasteiger partial charge on any atom is -0.292 e. The fourth-order valence-electron chi connectivity index (χ4n) is 1.87. The maximum absolute atomic E-state index is 11.3. The second-order valence-corrected chi connectivity index (χ2v) is 4.21. The molecule has 0 saturated carbocycles. The normalized spacial score (nSPS) is 10.6. The van der Waals surface area contributed by atoms with Gasteiger partial charge in [-0.25, -0.2) is 0 Å². The fraction of sp³-hybridized carbons (Fsp3) is 0.615. The first kappa shape index (κ1) is 12.0. The van der Waals surface area contributed by atoms with Gasteiger partial charge >= 0.3 is 0 Å². The number of hydrogen-bond donors (Lipinski definition) is 0. The highest BCUT2D eigenvalue weighted by Gasteiger charge is 2.06. The maximum atomic E-state index is 11.3. The summed E-state index contributed by atoms with van der Waals surface area (Å²) in [5, 5.41) is 0. The molecule has 0 fully saturated rings. The highest BCUT2D eigenvalue weighted by molar-refractivity contribution is 5.77. The summed E-state index contributed by atoms with van der Waals surface area (Å²) in [5.74, 6) is 0.119. The number of unbranched alkanes of at least 4 members (excludes halogenated alkanes) is 3. The van der Waals surface area contributed by atoms with Gasteiger partial charge in [0, 0.05) is 18.8 Å². The molecule has 0 N–H and O–H groups in total. The Hall–Kier alpha value is -1.05. The van der Waals surface area contributed by atoms with Crippen LogP contribution in [0.5, 0.6) is 0 Å². The van der Waals surface area contributed by atoms with Crippen molar-refractivity contribution in [2.75, 3.05) is 0 Å². The molecular weight excluding hydrogens is 186 g/mol. The van der Waals surface area contributed by atoms with Gasteiger partial charge < -0.3 is 0 Å². The minimum absolute atomic E-state index is 0.119. The molecule has 0 amide bonds. The van der Waals surface area contributed by atoms with Crippen LogP contribution in [0, 0.1) is 6.92 Å². The number of carbonyl (C=O) groups is 1. The Morgan fingerprint density at radius 1 is 1.33 bits per heavy atom. The van der Waals surface area contributed by atoms with Gasteiger partial charge in [0.05, 0.1) is 0 Å². The molecule has 0 bridgehead atoms. The molecule has 0 aliphatic carbocycles. The van der Waals surface area contributed by atoms with Gasteiger partial charge in [-0.15, -0.1) is 0 Å². The van der Waals surface area contributed by atoms with Gasteiger partial charge in [0.1, 0.15) is 0 Å². The lowest BCUT2D eigenvalue weighted by molar-refractivity contribution is 0.0933. The highest BCUT2D eigenvalue weighted by atomic mass is 16.1. The molecule has 0 atom stereocenters. The second-order valence-electron chi connectivity index (χ2n) is 4.21. The van der Waals surface area contributed by atoms with Crippen LogP contribution in [0.25, 0.3) is 0 Å². The van der Waals surface area contributed by atoms with Crippen LogP contribution in [0.3, 0.4) is 0 Å². The van der Waals surface area contributed by atoms with Crippen LogP contribution in [-0.2, 0) is 6.42 Å². The lowest BCUT2D eigenvalue weighted by Gasteiger charge is -2.04. The molecule has 0 aromatic carbocycles. The van der Waals surface area contributed by atoms with E-state index in [2.05, 4.69) is 13.0 Å². The van der Waals surface area contributed by atoms with Gasteiger partial charge in [-0.1, -0.05) is 26.2 Å². The Morgan fingerprint density at radius 3 is 2.67 bits per heavy atom. The topological polar surface area (TPSA) is 22.0 Å². The van der Waals surface area contributed by atoms with Crippen molar-refractivity contribution in [2.45, 2.75) is 52.9 Å². The Balaban J connectivity index is 2.55. The van der Waals surface area contributed by atoms with Crippen LogP contribution in [0.2, 0.25) is 0 Å². The van der Waals surface area contributed by atoms with Gasteiger partial charge in [-0.05, 0) is 31.4 Å². The molecule has 1 aromatic heterocycles. The SMILES string of the molecule is CCCCCCc1cc(C)cn1C(C)=O. The number of aryl methyl sites for hydroxylation is 2. The Bertz CT molecular complexity index is 325. The third-order valence-electron chi connectivity index (χ3n) is 2.66. The largest absolute Gasteiger partial charge is 0.292 e. The van der Waals surface area contributed by atoms with Gasteiger partial charge in [-0.2, -0.15) is 0 Å². The first-order valence-corrected chi connectivity index (χ1v) is 5.84. The summed E-state index contributed by atoms with van der Waals surface area (Å²) < 4.78 is 1.78. The summed E-state index contributed by atoms with van der Waals surface area (Å²) in [7, 11) is 0. The number of aromatic nitrogens is 1. The van der Waals surface area contributed by atoms with Crippen LogP contribution in [0.4, 0.5) is 0 Å². The molecule has 0 saturated heterocycles. The maximum Gasteiger partial charge on any atom is 0.227 e. The van der Waals surface area contributed by atoms with Crippen molar-refractivity contribution in [1.29, 1.82) is 0 Å². The predicted octanol–water partition coefficient (Wildman–Crippen LogP) is 3.58. The highest BCUT2D eigenvalue weighted by Crippen LogP contribution is 2.12. The number of carbonyl (C=O) groups excluding carboxylic acids is 1. The molecular formula is C13H21NO. The van der Waals surface area contributed by atoms with E-state index in [1.165, 1.54) is 31.2 Å². The minimum atomic E-state index is 0.119. The van der Waals surface area contributed by atoms with Crippen LogP contribution < -0.4 is 0 Å². The van der Waals surface area contributed by atoms with E-state index < -0.39 is 0 Å². The van der Waals surface area contributed by atoms with Crippen molar-refractivity contribution in [3.05, 3.63) is 23.5 Å². The van der Waals surface area contributed by atoms with Crippen molar-refractivity contribution in [3.8, 4) is 0 Å². The molecule has 0 aliphatic rings. The van der Waals surface area contributed by atoms with E-state index in [4.69, 9.17) is 0 Å². The molecule has 0 radical (unpaired) electrons. The van der Waals surface area contributed by atoms with Crippen molar-refractivity contribution >= 4 is 5.91 Å². The van der Waals surface area contributed by atoms with Crippen LogP contribution in [0.15, 0.2) is 12.3 Å². The first-order valence-electron chi connectivity index (χ1n) is 5.84. The van der Waals surface area contributed by atoms with E-state index in [9.17, 15) is 4.79 Å². The summed E-state index contributed by atoms with van der Waals surface area (Å²) >= 11 is 0. The Kier molecular flexibility index (Phi) is 4.60. The standard InChI is InChI=1S/C13H21NO/c1-4-5-6-7-8-13-9-11(2)10-14(13)12(3)15/h9-10H,4-8H2,1-3H3. The van der Waals surface area contributed by atoms with Gasteiger partial charge in [0.15, 0.2) is 0 Å². The molecule has 2 nitrogen and oxygen atoms in total. The fourth-order valence-corrected chi connectivity index (χ4v) is 1.87. The van der Waals surface area contributed by atoms with Crippen molar-refractivity contribution in [2.24, 2.45) is 0 Å². The van der Waals surface area contributed by atoms with E-state index in [0.29, 0.717) is 0 Å². The molecule has 15 heavy (non-hydrogen) atoms. The molecule has 0 unspecified atom stereocenters. The van der Waals surface area contributed by atoms with Gasteiger partial charge in [0.25, 0.3) is 0 Å². The average Bonchev–Trinajstić information content (AvgIpc) is 2.55. The quantitative estimate of drug-likeness (QED) is 0.676. The zero-order chi connectivity index (χ0) is 11.3. The smallest absolute Gasteiger partial charge is 0.227 e. The summed E-state index contributed by atoms with van der Waals surface area (Å²) in [6.07, 6.45) is 7.95. The number of hydrogen-bond acceptors (Lipinski definition) is 1. The lowest BCUT2D eigenvalue weighted by atomic mass is 10.1. The van der Waals surface area contributed by atoms with Crippen LogP contribution >= 0.6 is 0 Å². The molecule has 0 spiro atoms. The second kappa shape index (κ2) is 5.74. The molecule has 84 valence electrons. The summed E-state index contributed by atoms with van der Waals surface area (Å²) in [6, 6.07) is 2.12. The van der Waals surface area contributed by atoms with Crippen molar-refractivity contribution in [1.82, 2.24) is 4.57 Å². The summed E-state index contributed by atoms with van der Waals surface area (Å²) in [4.78, 5) is 11.3. The first-order chi connectivity index (χ1) is 7.15. The molecule has 0 aliphatic heterocycles. The van der Waals surface area contributed by atoms with Crippen LogP contribution in [0.1, 0.15) is 55.6 Å². The van der Waals surface area contributed by atoms with E-state index in [-0.39, 0.29) is 5.91 Å². The molecule has 2 heteroatoms. The van der Waals surface area contributed by atoms with E-state index >= 15 is 0 Å². The van der Waals surface area contributed by atoms with E-state index in [0.717, 1.165) is 12.1 Å². The summed E-state index contributed by atoms with van der Waals surface area (Å²) in [5.41, 5.74) is 2.34. The lowest BCUT2D eigenvalue weighted by Crippen LogP contribution is -2.08. The van der Waals surface area contributed by atoms with Gasteiger partial charge in [0.2, 0.25) is 5.91 Å². The average molecular weight is 207 g/mol. The number of nitrogens with zero attached hydrogens (tertiary/aromatic N) is 1. The zero-order valence-corrected chi connectivity index (χ0v) is 10.0. The third kappa shape index (κ3) is 3.54.